The van der Waals surface area contributed by atoms with Crippen LogP contribution in [0.3, 0.4) is 0 Å². The number of hydrogen-bond donors (Lipinski definition) is 1. The van der Waals surface area contributed by atoms with Gasteiger partial charge < -0.3 is 5.32 Å². The number of hydrogen-bond acceptors (Lipinski definition) is 4. The van der Waals surface area contributed by atoms with Gasteiger partial charge in [-0.05, 0) is 28.5 Å². The number of rotatable bonds is 3. The van der Waals surface area contributed by atoms with Crippen LogP contribution in [0.2, 0.25) is 0 Å². The van der Waals surface area contributed by atoms with Gasteiger partial charge in [-0.15, -0.1) is 0 Å². The summed E-state index contributed by atoms with van der Waals surface area (Å²) >= 11 is 1.69. The molecular weight excluding hydrogens is 182 g/mol. The summed E-state index contributed by atoms with van der Waals surface area (Å²) in [5.41, 5.74) is 1.26. The van der Waals surface area contributed by atoms with Gasteiger partial charge in [0.05, 0.1) is 0 Å². The first-order valence-electron chi connectivity index (χ1n) is 3.97. The molecule has 66 valence electrons. The summed E-state index contributed by atoms with van der Waals surface area (Å²) in [6, 6.07) is 3.89. The van der Waals surface area contributed by atoms with Gasteiger partial charge in [0.15, 0.2) is 0 Å². The van der Waals surface area contributed by atoms with Crippen LogP contribution < -0.4 is 5.32 Å². The summed E-state index contributed by atoms with van der Waals surface area (Å²) < 4.78 is 0. The molecule has 0 unspecified atom stereocenters. The summed E-state index contributed by atoms with van der Waals surface area (Å²) in [7, 11) is 0. The van der Waals surface area contributed by atoms with E-state index in [-0.39, 0.29) is 0 Å². The highest BCUT2D eigenvalue weighted by molar-refractivity contribution is 7.07. The first kappa shape index (κ1) is 8.19. The largest absolute Gasteiger partial charge is 0.350 e. The lowest BCUT2D eigenvalue weighted by atomic mass is 10.3. The highest BCUT2D eigenvalue weighted by Crippen LogP contribution is 2.07. The molecular formula is C9H9N3S. The zero-order valence-corrected chi connectivity index (χ0v) is 7.79. The second-order valence-corrected chi connectivity index (χ2v) is 3.34. The minimum Gasteiger partial charge on any atom is -0.350 e. The quantitative estimate of drug-likeness (QED) is 0.807. The molecule has 2 aromatic rings. The van der Waals surface area contributed by atoms with Gasteiger partial charge in [0.25, 0.3) is 0 Å². The van der Waals surface area contributed by atoms with E-state index >= 15 is 0 Å². The van der Waals surface area contributed by atoms with Crippen LogP contribution in [0.5, 0.6) is 0 Å². The lowest BCUT2D eigenvalue weighted by molar-refractivity contribution is 1.06. The molecule has 2 rings (SSSR count). The lowest BCUT2D eigenvalue weighted by Gasteiger charge is -2.00. The van der Waals surface area contributed by atoms with Crippen molar-refractivity contribution in [2.24, 2.45) is 0 Å². The first-order valence-corrected chi connectivity index (χ1v) is 4.91. The van der Waals surface area contributed by atoms with Crippen molar-refractivity contribution in [1.29, 1.82) is 0 Å². The molecule has 1 N–H and O–H groups in total. The van der Waals surface area contributed by atoms with E-state index in [1.165, 1.54) is 5.56 Å². The smallest absolute Gasteiger partial charge is 0.222 e. The SMILES string of the molecule is c1cnc(NCc2ccsc2)nc1. The Kier molecular flexibility index (Phi) is 2.52. The molecule has 2 aromatic heterocycles. The fraction of sp³-hybridized carbons (Fsp3) is 0.111. The summed E-state index contributed by atoms with van der Waals surface area (Å²) in [5.74, 6) is 0.675. The molecule has 0 fully saturated rings. The standard InChI is InChI=1S/C9H9N3S/c1-3-10-9(11-4-1)12-6-8-2-5-13-7-8/h1-5,7H,6H2,(H,10,11,12). The van der Waals surface area contributed by atoms with Crippen molar-refractivity contribution in [3.8, 4) is 0 Å². The Hall–Kier alpha value is -1.42. The average molecular weight is 191 g/mol. The number of nitrogens with one attached hydrogen (secondary N) is 1. The molecule has 0 saturated carbocycles. The summed E-state index contributed by atoms with van der Waals surface area (Å²) in [5, 5.41) is 7.30. The van der Waals surface area contributed by atoms with Crippen molar-refractivity contribution in [1.82, 2.24) is 9.97 Å². The third-order valence-corrected chi connectivity index (χ3v) is 2.33. The fourth-order valence-electron chi connectivity index (χ4n) is 0.965. The Morgan fingerprint density at radius 1 is 1.31 bits per heavy atom. The average Bonchev–Trinajstić information content (AvgIpc) is 2.69. The maximum absolute atomic E-state index is 4.06. The molecule has 0 bridgehead atoms. The van der Waals surface area contributed by atoms with E-state index in [0.717, 1.165) is 6.54 Å². The van der Waals surface area contributed by atoms with Gasteiger partial charge in [-0.1, -0.05) is 0 Å². The van der Waals surface area contributed by atoms with Crippen LogP contribution in [0.25, 0.3) is 0 Å². The van der Waals surface area contributed by atoms with Crippen molar-refractivity contribution in [3.05, 3.63) is 40.8 Å². The Morgan fingerprint density at radius 3 is 2.85 bits per heavy atom. The minimum atomic E-state index is 0.675. The van der Waals surface area contributed by atoms with Crippen molar-refractivity contribution >= 4 is 17.3 Å². The molecule has 0 aromatic carbocycles. The van der Waals surface area contributed by atoms with Gasteiger partial charge in [0.1, 0.15) is 0 Å². The third kappa shape index (κ3) is 2.26. The van der Waals surface area contributed by atoms with Gasteiger partial charge >= 0.3 is 0 Å². The van der Waals surface area contributed by atoms with Crippen molar-refractivity contribution in [2.75, 3.05) is 5.32 Å². The van der Waals surface area contributed by atoms with Crippen molar-refractivity contribution in [3.63, 3.8) is 0 Å². The topological polar surface area (TPSA) is 37.8 Å². The number of aromatic nitrogens is 2. The normalized spacial score (nSPS) is 9.85. The third-order valence-electron chi connectivity index (χ3n) is 1.60. The van der Waals surface area contributed by atoms with E-state index in [1.807, 2.05) is 0 Å². The van der Waals surface area contributed by atoms with E-state index in [0.29, 0.717) is 5.95 Å². The van der Waals surface area contributed by atoms with Crippen LogP contribution in [0.1, 0.15) is 5.56 Å². The molecule has 0 radical (unpaired) electrons. The van der Waals surface area contributed by atoms with Gasteiger partial charge in [-0.25, -0.2) is 9.97 Å². The molecule has 13 heavy (non-hydrogen) atoms. The zero-order valence-electron chi connectivity index (χ0n) is 6.97. The van der Waals surface area contributed by atoms with Crippen LogP contribution in [0, 0.1) is 0 Å². The maximum Gasteiger partial charge on any atom is 0.222 e. The lowest BCUT2D eigenvalue weighted by Crippen LogP contribution is -2.01. The highest BCUT2D eigenvalue weighted by Gasteiger charge is 1.94. The van der Waals surface area contributed by atoms with Gasteiger partial charge in [0.2, 0.25) is 5.95 Å². The van der Waals surface area contributed by atoms with E-state index in [9.17, 15) is 0 Å². The van der Waals surface area contributed by atoms with Gasteiger partial charge in [0, 0.05) is 18.9 Å². The summed E-state index contributed by atoms with van der Waals surface area (Å²) in [4.78, 5) is 8.12. The highest BCUT2D eigenvalue weighted by atomic mass is 32.1. The Balaban J connectivity index is 1.94. The summed E-state index contributed by atoms with van der Waals surface area (Å²) in [6.45, 7) is 0.785. The van der Waals surface area contributed by atoms with E-state index in [4.69, 9.17) is 0 Å². The van der Waals surface area contributed by atoms with Crippen LogP contribution >= 0.6 is 11.3 Å². The predicted octanol–water partition coefficient (Wildman–Crippen LogP) is 2.15. The zero-order chi connectivity index (χ0) is 8.93. The van der Waals surface area contributed by atoms with Gasteiger partial charge in [-0.3, -0.25) is 0 Å². The Bertz CT molecular complexity index is 344. The minimum absolute atomic E-state index is 0.675. The molecule has 0 aliphatic rings. The second kappa shape index (κ2) is 4.00. The maximum atomic E-state index is 4.06. The van der Waals surface area contributed by atoms with Crippen molar-refractivity contribution in [2.45, 2.75) is 6.54 Å². The Morgan fingerprint density at radius 2 is 2.15 bits per heavy atom. The molecule has 0 aliphatic heterocycles. The molecule has 0 atom stereocenters. The van der Waals surface area contributed by atoms with Crippen LogP contribution in [0.15, 0.2) is 35.3 Å². The number of nitrogens with zero attached hydrogens (tertiary/aromatic N) is 2. The molecule has 0 aliphatic carbocycles. The fourth-order valence-corrected chi connectivity index (χ4v) is 1.63. The summed E-state index contributed by atoms with van der Waals surface area (Å²) in [6.07, 6.45) is 3.45. The van der Waals surface area contributed by atoms with Crippen molar-refractivity contribution < 1.29 is 0 Å². The molecule has 0 saturated heterocycles. The molecule has 2 heterocycles. The van der Waals surface area contributed by atoms with E-state index < -0.39 is 0 Å². The second-order valence-electron chi connectivity index (χ2n) is 2.56. The first-order chi connectivity index (χ1) is 6.45. The van der Waals surface area contributed by atoms with Crippen LogP contribution in [0.4, 0.5) is 5.95 Å². The monoisotopic (exact) mass is 191 g/mol. The molecule has 4 heteroatoms. The van der Waals surface area contributed by atoms with Gasteiger partial charge in [-0.2, -0.15) is 11.3 Å². The van der Waals surface area contributed by atoms with Crippen LogP contribution in [-0.4, -0.2) is 9.97 Å². The van der Waals surface area contributed by atoms with Crippen LogP contribution in [-0.2, 0) is 6.54 Å². The van der Waals surface area contributed by atoms with E-state index in [1.54, 1.807) is 29.8 Å². The Labute approximate surface area is 80.5 Å². The van der Waals surface area contributed by atoms with E-state index in [2.05, 4.69) is 32.1 Å². The number of thiophene rings is 1. The molecule has 0 spiro atoms. The predicted molar refractivity (Wildman–Crippen MR) is 53.7 cm³/mol. The molecule has 0 amide bonds. The molecule has 3 nitrogen and oxygen atoms in total. The number of anilines is 1.